The van der Waals surface area contributed by atoms with Crippen molar-refractivity contribution in [1.82, 2.24) is 0 Å². The Kier molecular flexibility index (Phi) is 3.48. The van der Waals surface area contributed by atoms with E-state index in [9.17, 15) is 9.90 Å². The molecule has 0 heterocycles. The number of benzene rings is 1. The summed E-state index contributed by atoms with van der Waals surface area (Å²) in [4.78, 5) is 10.4. The number of carbonyl (C=O) groups is 1. The minimum Gasteiger partial charge on any atom is -0.481 e. The van der Waals surface area contributed by atoms with E-state index in [1.54, 1.807) is 0 Å². The summed E-state index contributed by atoms with van der Waals surface area (Å²) < 4.78 is 0. The van der Waals surface area contributed by atoms with E-state index < -0.39 is 11.6 Å². The molecule has 3 nitrogen and oxygen atoms in total. The van der Waals surface area contributed by atoms with Crippen molar-refractivity contribution >= 4 is 5.97 Å². The van der Waals surface area contributed by atoms with Gasteiger partial charge in [-0.25, -0.2) is 0 Å². The molecular weight excluding hydrogens is 216 g/mol. The third kappa shape index (κ3) is 3.86. The van der Waals surface area contributed by atoms with Crippen LogP contribution >= 0.6 is 0 Å². The van der Waals surface area contributed by atoms with Crippen molar-refractivity contribution in [2.24, 2.45) is 0 Å². The number of hydrogen-bond donors (Lipinski definition) is 2. The zero-order chi connectivity index (χ0) is 12.3. The van der Waals surface area contributed by atoms with Crippen LogP contribution in [0.2, 0.25) is 0 Å². The number of aryl methyl sites for hydroxylation is 1. The molecule has 1 aromatic carbocycles. The molecule has 0 unspecified atom stereocenters. The first kappa shape index (κ1) is 12.1. The fraction of sp³-hybridized carbons (Fsp3) is 0.500. The lowest BCUT2D eigenvalue weighted by molar-refractivity contribution is -0.137. The van der Waals surface area contributed by atoms with E-state index in [4.69, 9.17) is 5.11 Å². The standard InChI is InChI=1S/C14H18O3/c15-13(16)3-1-2-11-4-6-12(7-5-11)10-14(17)8-9-14/h4-7,17H,1-3,8-10H2,(H,15,16). The van der Waals surface area contributed by atoms with Crippen LogP contribution in [0.4, 0.5) is 0 Å². The van der Waals surface area contributed by atoms with Crippen LogP contribution in [0.5, 0.6) is 0 Å². The Morgan fingerprint density at radius 2 is 1.76 bits per heavy atom. The van der Waals surface area contributed by atoms with Gasteiger partial charge in [0, 0.05) is 12.8 Å². The Balaban J connectivity index is 1.82. The maximum atomic E-state index is 10.4. The van der Waals surface area contributed by atoms with Crippen LogP contribution in [0.15, 0.2) is 24.3 Å². The highest BCUT2D eigenvalue weighted by Crippen LogP contribution is 2.38. The summed E-state index contributed by atoms with van der Waals surface area (Å²) in [7, 11) is 0. The molecule has 0 spiro atoms. The minimum atomic E-state index is -0.738. The van der Waals surface area contributed by atoms with Crippen LogP contribution in [-0.4, -0.2) is 21.8 Å². The first-order chi connectivity index (χ1) is 8.07. The Bertz CT molecular complexity index is 390. The van der Waals surface area contributed by atoms with E-state index in [0.29, 0.717) is 6.42 Å². The van der Waals surface area contributed by atoms with Gasteiger partial charge in [0.25, 0.3) is 0 Å². The number of aliphatic hydroxyl groups is 1. The monoisotopic (exact) mass is 234 g/mol. The Hall–Kier alpha value is -1.35. The van der Waals surface area contributed by atoms with Gasteiger partial charge in [-0.3, -0.25) is 4.79 Å². The second-order valence-electron chi connectivity index (χ2n) is 4.96. The number of rotatable bonds is 6. The van der Waals surface area contributed by atoms with Gasteiger partial charge in [0.1, 0.15) is 0 Å². The topological polar surface area (TPSA) is 57.5 Å². The molecule has 0 bridgehead atoms. The average molecular weight is 234 g/mol. The fourth-order valence-electron chi connectivity index (χ4n) is 1.97. The molecule has 0 atom stereocenters. The van der Waals surface area contributed by atoms with Crippen molar-refractivity contribution in [3.63, 3.8) is 0 Å². The zero-order valence-corrected chi connectivity index (χ0v) is 9.85. The minimum absolute atomic E-state index is 0.224. The van der Waals surface area contributed by atoms with Gasteiger partial charge in [0.15, 0.2) is 0 Å². The molecule has 0 aromatic heterocycles. The highest BCUT2D eigenvalue weighted by molar-refractivity contribution is 5.66. The molecule has 2 rings (SSSR count). The Morgan fingerprint density at radius 1 is 1.18 bits per heavy atom. The molecule has 0 radical (unpaired) electrons. The third-order valence-electron chi connectivity index (χ3n) is 3.24. The average Bonchev–Trinajstić information content (AvgIpc) is 2.98. The largest absolute Gasteiger partial charge is 0.481 e. The molecular formula is C14H18O3. The second-order valence-corrected chi connectivity index (χ2v) is 4.96. The molecule has 1 saturated carbocycles. The second kappa shape index (κ2) is 4.88. The molecule has 92 valence electrons. The van der Waals surface area contributed by atoms with E-state index in [0.717, 1.165) is 36.8 Å². The number of hydrogen-bond acceptors (Lipinski definition) is 2. The maximum Gasteiger partial charge on any atom is 0.303 e. The van der Waals surface area contributed by atoms with Gasteiger partial charge in [-0.2, -0.15) is 0 Å². The summed E-state index contributed by atoms with van der Waals surface area (Å²) in [6.07, 6.45) is 4.26. The first-order valence-corrected chi connectivity index (χ1v) is 6.09. The van der Waals surface area contributed by atoms with E-state index in [-0.39, 0.29) is 6.42 Å². The molecule has 0 saturated heterocycles. The predicted octanol–water partition coefficient (Wildman–Crippen LogP) is 2.16. The quantitative estimate of drug-likeness (QED) is 0.793. The highest BCUT2D eigenvalue weighted by atomic mass is 16.4. The van der Waals surface area contributed by atoms with Crippen LogP contribution in [-0.2, 0) is 17.6 Å². The van der Waals surface area contributed by atoms with Gasteiger partial charge in [0.05, 0.1) is 5.60 Å². The summed E-state index contributed by atoms with van der Waals surface area (Å²) in [5.41, 5.74) is 1.88. The van der Waals surface area contributed by atoms with Crippen molar-refractivity contribution in [2.75, 3.05) is 0 Å². The molecule has 17 heavy (non-hydrogen) atoms. The molecule has 1 aromatic rings. The molecule has 1 fully saturated rings. The number of carboxylic acid groups (broad SMARTS) is 1. The smallest absolute Gasteiger partial charge is 0.303 e. The van der Waals surface area contributed by atoms with E-state index in [1.807, 2.05) is 24.3 Å². The summed E-state index contributed by atoms with van der Waals surface area (Å²) in [5.74, 6) is -0.738. The van der Waals surface area contributed by atoms with E-state index >= 15 is 0 Å². The predicted molar refractivity (Wildman–Crippen MR) is 64.9 cm³/mol. The summed E-state index contributed by atoms with van der Waals surface area (Å²) in [6, 6.07) is 8.13. The van der Waals surface area contributed by atoms with Crippen LogP contribution in [0.25, 0.3) is 0 Å². The van der Waals surface area contributed by atoms with Gasteiger partial charge in [0.2, 0.25) is 0 Å². The lowest BCUT2D eigenvalue weighted by atomic mass is 10.0. The number of carboxylic acids is 1. The molecule has 3 heteroatoms. The maximum absolute atomic E-state index is 10.4. The molecule has 1 aliphatic carbocycles. The Labute approximate surface area is 101 Å². The molecule has 0 amide bonds. The summed E-state index contributed by atoms with van der Waals surface area (Å²) in [5, 5.41) is 18.3. The van der Waals surface area contributed by atoms with Crippen molar-refractivity contribution < 1.29 is 15.0 Å². The third-order valence-corrected chi connectivity index (χ3v) is 3.24. The van der Waals surface area contributed by atoms with E-state index in [2.05, 4.69) is 0 Å². The van der Waals surface area contributed by atoms with Gasteiger partial charge in [-0.1, -0.05) is 24.3 Å². The van der Waals surface area contributed by atoms with Gasteiger partial charge < -0.3 is 10.2 Å². The fourth-order valence-corrected chi connectivity index (χ4v) is 1.97. The lowest BCUT2D eigenvalue weighted by Crippen LogP contribution is -2.10. The summed E-state index contributed by atoms with van der Waals surface area (Å²) in [6.45, 7) is 0. The van der Waals surface area contributed by atoms with Crippen molar-refractivity contribution in [1.29, 1.82) is 0 Å². The number of aliphatic carboxylic acids is 1. The summed E-state index contributed by atoms with van der Waals surface area (Å²) >= 11 is 0. The van der Waals surface area contributed by atoms with Crippen LogP contribution < -0.4 is 0 Å². The highest BCUT2D eigenvalue weighted by Gasteiger charge is 2.39. The molecule has 2 N–H and O–H groups in total. The normalized spacial score (nSPS) is 16.8. The van der Waals surface area contributed by atoms with Crippen LogP contribution in [0, 0.1) is 0 Å². The molecule has 1 aliphatic rings. The van der Waals surface area contributed by atoms with Crippen molar-refractivity contribution in [2.45, 2.75) is 44.1 Å². The van der Waals surface area contributed by atoms with Gasteiger partial charge >= 0.3 is 5.97 Å². The van der Waals surface area contributed by atoms with Crippen molar-refractivity contribution in [3.05, 3.63) is 35.4 Å². The van der Waals surface area contributed by atoms with Gasteiger partial charge in [-0.05, 0) is 36.8 Å². The SMILES string of the molecule is O=C(O)CCCc1ccc(CC2(O)CC2)cc1. The lowest BCUT2D eigenvalue weighted by Gasteiger charge is -2.08. The van der Waals surface area contributed by atoms with Crippen molar-refractivity contribution in [3.8, 4) is 0 Å². The molecule has 0 aliphatic heterocycles. The van der Waals surface area contributed by atoms with Crippen LogP contribution in [0.1, 0.15) is 36.8 Å². The van der Waals surface area contributed by atoms with E-state index in [1.165, 1.54) is 0 Å². The van der Waals surface area contributed by atoms with Gasteiger partial charge in [-0.15, -0.1) is 0 Å². The Morgan fingerprint density at radius 3 is 2.29 bits per heavy atom. The van der Waals surface area contributed by atoms with Crippen LogP contribution in [0.3, 0.4) is 0 Å². The first-order valence-electron chi connectivity index (χ1n) is 6.09. The zero-order valence-electron chi connectivity index (χ0n) is 9.85.